The average Bonchev–Trinajstić information content (AvgIpc) is 2.40. The minimum atomic E-state index is -4.14. The molecule has 2 N–H and O–H groups in total. The smallest absolute Gasteiger partial charge is 0.324 e. The largest absolute Gasteiger partial charge is 0.389 e. The lowest BCUT2D eigenvalue weighted by atomic mass is 10.1. The number of rotatable bonds is 3. The highest BCUT2D eigenvalue weighted by Gasteiger charge is 2.28. The maximum atomic E-state index is 12.0. The van der Waals surface area contributed by atoms with E-state index in [2.05, 4.69) is 31.9 Å². The van der Waals surface area contributed by atoms with E-state index >= 15 is 0 Å². The van der Waals surface area contributed by atoms with Crippen LogP contribution >= 0.6 is 43.2 Å². The standard InChI is InChI=1S/C8H8Br2F3NS/c9-6-3-4(7(10)15-6)5(14)1-2-8(11,12)13/h3,5H,1-2,14H2. The number of nitrogens with two attached hydrogens (primary N) is 1. The predicted molar refractivity (Wildman–Crippen MR) is 61.9 cm³/mol. The summed E-state index contributed by atoms with van der Waals surface area (Å²) in [7, 11) is 0. The molecule has 0 aromatic carbocycles. The van der Waals surface area contributed by atoms with Gasteiger partial charge in [0.15, 0.2) is 0 Å². The summed E-state index contributed by atoms with van der Waals surface area (Å²) in [5, 5.41) is 0. The number of alkyl halides is 3. The lowest BCUT2D eigenvalue weighted by Crippen LogP contribution is -2.15. The summed E-state index contributed by atoms with van der Waals surface area (Å²) >= 11 is 7.92. The van der Waals surface area contributed by atoms with Crippen LogP contribution in [0, 0.1) is 0 Å². The zero-order valence-electron chi connectivity index (χ0n) is 7.44. The van der Waals surface area contributed by atoms with Crippen molar-refractivity contribution in [1.29, 1.82) is 0 Å². The highest BCUT2D eigenvalue weighted by atomic mass is 79.9. The molecule has 0 bridgehead atoms. The summed E-state index contributed by atoms with van der Waals surface area (Å²) in [5.41, 5.74) is 6.39. The highest BCUT2D eigenvalue weighted by Crippen LogP contribution is 2.37. The molecule has 0 amide bonds. The van der Waals surface area contributed by atoms with Gasteiger partial charge in [-0.3, -0.25) is 0 Å². The number of hydrogen-bond donors (Lipinski definition) is 1. The summed E-state index contributed by atoms with van der Waals surface area (Å²) < 4.78 is 37.5. The molecule has 1 atom stereocenters. The van der Waals surface area contributed by atoms with Gasteiger partial charge < -0.3 is 5.73 Å². The van der Waals surface area contributed by atoms with Crippen molar-refractivity contribution in [3.05, 3.63) is 19.2 Å². The first kappa shape index (κ1) is 13.5. The van der Waals surface area contributed by atoms with E-state index in [0.29, 0.717) is 0 Å². The van der Waals surface area contributed by atoms with Gasteiger partial charge in [0.25, 0.3) is 0 Å². The van der Waals surface area contributed by atoms with Crippen molar-refractivity contribution in [3.63, 3.8) is 0 Å². The van der Waals surface area contributed by atoms with Crippen LogP contribution in [0.25, 0.3) is 0 Å². The molecule has 1 aromatic heterocycles. The lowest BCUT2D eigenvalue weighted by Gasteiger charge is -2.12. The maximum Gasteiger partial charge on any atom is 0.389 e. The Balaban J connectivity index is 2.61. The number of hydrogen-bond acceptors (Lipinski definition) is 2. The van der Waals surface area contributed by atoms with Gasteiger partial charge in [0.1, 0.15) is 0 Å². The molecule has 0 fully saturated rings. The second-order valence-electron chi connectivity index (χ2n) is 3.04. The molecule has 7 heteroatoms. The summed E-state index contributed by atoms with van der Waals surface area (Å²) in [4.78, 5) is 0. The van der Waals surface area contributed by atoms with Gasteiger partial charge in [-0.15, -0.1) is 11.3 Å². The SMILES string of the molecule is NC(CCC(F)(F)F)c1cc(Br)sc1Br. The first-order valence-corrected chi connectivity index (χ1v) is 6.47. The van der Waals surface area contributed by atoms with Gasteiger partial charge in [-0.2, -0.15) is 13.2 Å². The van der Waals surface area contributed by atoms with Crippen LogP contribution in [0.4, 0.5) is 13.2 Å². The molecule has 15 heavy (non-hydrogen) atoms. The summed E-state index contributed by atoms with van der Waals surface area (Å²) in [6, 6.07) is 1.17. The summed E-state index contributed by atoms with van der Waals surface area (Å²) in [6.07, 6.45) is -5.09. The lowest BCUT2D eigenvalue weighted by molar-refractivity contribution is -0.136. The summed E-state index contributed by atoms with van der Waals surface area (Å²) in [6.45, 7) is 0. The Morgan fingerprint density at radius 2 is 2.00 bits per heavy atom. The van der Waals surface area contributed by atoms with Crippen molar-refractivity contribution >= 4 is 43.2 Å². The first-order chi connectivity index (χ1) is 6.79. The quantitative estimate of drug-likeness (QED) is 0.830. The van der Waals surface area contributed by atoms with Gasteiger partial charge in [-0.05, 0) is 49.9 Å². The molecular weight excluding hydrogens is 359 g/mol. The molecule has 0 saturated heterocycles. The second kappa shape index (κ2) is 5.16. The molecule has 0 aliphatic rings. The minimum absolute atomic E-state index is 0.0920. The van der Waals surface area contributed by atoms with E-state index in [9.17, 15) is 13.2 Å². The van der Waals surface area contributed by atoms with Gasteiger partial charge in [-0.25, -0.2) is 0 Å². The molecule has 1 unspecified atom stereocenters. The van der Waals surface area contributed by atoms with Crippen molar-refractivity contribution < 1.29 is 13.2 Å². The van der Waals surface area contributed by atoms with Crippen molar-refractivity contribution in [3.8, 4) is 0 Å². The molecule has 0 spiro atoms. The zero-order valence-corrected chi connectivity index (χ0v) is 11.4. The van der Waals surface area contributed by atoms with Crippen LogP contribution in [0.15, 0.2) is 13.6 Å². The third kappa shape index (κ3) is 4.42. The highest BCUT2D eigenvalue weighted by molar-refractivity contribution is 9.12. The van der Waals surface area contributed by atoms with E-state index in [1.807, 2.05) is 0 Å². The van der Waals surface area contributed by atoms with E-state index < -0.39 is 18.6 Å². The second-order valence-corrected chi connectivity index (χ2v) is 6.79. The Morgan fingerprint density at radius 1 is 1.40 bits per heavy atom. The van der Waals surface area contributed by atoms with E-state index in [0.717, 1.165) is 13.1 Å². The monoisotopic (exact) mass is 365 g/mol. The van der Waals surface area contributed by atoms with Crippen molar-refractivity contribution in [2.75, 3.05) is 0 Å². The van der Waals surface area contributed by atoms with Crippen LogP contribution in [0.1, 0.15) is 24.4 Å². The first-order valence-electron chi connectivity index (χ1n) is 4.06. The Labute approximate surface area is 106 Å². The molecule has 86 valence electrons. The molecule has 0 saturated carbocycles. The third-order valence-electron chi connectivity index (χ3n) is 1.82. The van der Waals surface area contributed by atoms with E-state index in [1.165, 1.54) is 11.3 Å². The Hall–Kier alpha value is 0.410. The molecule has 0 radical (unpaired) electrons. The summed E-state index contributed by atoms with van der Waals surface area (Å²) in [5.74, 6) is 0. The van der Waals surface area contributed by atoms with E-state index in [-0.39, 0.29) is 6.42 Å². The van der Waals surface area contributed by atoms with Crippen LogP contribution in [0.5, 0.6) is 0 Å². The van der Waals surface area contributed by atoms with Crippen LogP contribution < -0.4 is 5.73 Å². The topological polar surface area (TPSA) is 26.0 Å². The fourth-order valence-corrected chi connectivity index (χ4v) is 4.08. The number of halogens is 5. The fraction of sp³-hybridized carbons (Fsp3) is 0.500. The molecule has 0 aliphatic carbocycles. The Kier molecular flexibility index (Phi) is 4.64. The minimum Gasteiger partial charge on any atom is -0.324 e. The molecule has 1 rings (SSSR count). The van der Waals surface area contributed by atoms with Crippen LogP contribution in [0.2, 0.25) is 0 Å². The zero-order chi connectivity index (χ0) is 11.6. The normalized spacial score (nSPS) is 14.3. The molecular formula is C8H8Br2F3NS. The molecule has 1 heterocycles. The van der Waals surface area contributed by atoms with E-state index in [4.69, 9.17) is 5.73 Å². The third-order valence-corrected chi connectivity index (χ3v) is 4.21. The molecule has 1 nitrogen and oxygen atoms in total. The van der Waals surface area contributed by atoms with Gasteiger partial charge >= 0.3 is 6.18 Å². The Morgan fingerprint density at radius 3 is 2.40 bits per heavy atom. The van der Waals surface area contributed by atoms with Gasteiger partial charge in [0.2, 0.25) is 0 Å². The molecule has 1 aromatic rings. The van der Waals surface area contributed by atoms with Crippen LogP contribution in [-0.4, -0.2) is 6.18 Å². The maximum absolute atomic E-state index is 12.0. The predicted octanol–water partition coefficient (Wildman–Crippen LogP) is 4.62. The average molecular weight is 367 g/mol. The van der Waals surface area contributed by atoms with Gasteiger partial charge in [-0.1, -0.05) is 0 Å². The van der Waals surface area contributed by atoms with Crippen molar-refractivity contribution in [2.45, 2.75) is 25.1 Å². The van der Waals surface area contributed by atoms with Crippen molar-refractivity contribution in [2.24, 2.45) is 5.73 Å². The van der Waals surface area contributed by atoms with E-state index in [1.54, 1.807) is 6.07 Å². The Bertz CT molecular complexity index is 337. The molecule has 0 aliphatic heterocycles. The fourth-order valence-electron chi connectivity index (χ4n) is 1.08. The van der Waals surface area contributed by atoms with Crippen molar-refractivity contribution in [1.82, 2.24) is 0 Å². The van der Waals surface area contributed by atoms with Crippen LogP contribution in [-0.2, 0) is 0 Å². The van der Waals surface area contributed by atoms with Crippen LogP contribution in [0.3, 0.4) is 0 Å². The number of thiophene rings is 1. The van der Waals surface area contributed by atoms with Gasteiger partial charge in [0, 0.05) is 12.5 Å². The van der Waals surface area contributed by atoms with Gasteiger partial charge in [0.05, 0.1) is 7.57 Å².